The van der Waals surface area contributed by atoms with Gasteiger partial charge in [-0.3, -0.25) is 9.59 Å². The molecule has 20 heavy (non-hydrogen) atoms. The summed E-state index contributed by atoms with van der Waals surface area (Å²) in [5.74, 6) is 0.348. The van der Waals surface area contributed by atoms with Crippen LogP contribution in [0.1, 0.15) is 19.4 Å². The Kier molecular flexibility index (Phi) is 3.90. The molecule has 1 fully saturated rings. The number of methoxy groups -OCH3 is 1. The highest BCUT2D eigenvalue weighted by Gasteiger charge is 2.39. The maximum atomic E-state index is 12.3. The third-order valence-corrected chi connectivity index (χ3v) is 3.45. The van der Waals surface area contributed by atoms with E-state index in [4.69, 9.17) is 16.3 Å². The summed E-state index contributed by atoms with van der Waals surface area (Å²) in [5.41, 5.74) is -0.111. The minimum atomic E-state index is -0.888. The maximum Gasteiger partial charge on any atom is 0.248 e. The normalized spacial score (nSPS) is 17.9. The third kappa shape index (κ3) is 2.88. The number of piperazine rings is 1. The number of halogens is 1. The van der Waals surface area contributed by atoms with Crippen LogP contribution in [0, 0.1) is 0 Å². The Balaban J connectivity index is 2.27. The van der Waals surface area contributed by atoms with Gasteiger partial charge in [-0.05, 0) is 32.0 Å². The van der Waals surface area contributed by atoms with Crippen molar-refractivity contribution in [2.45, 2.75) is 25.9 Å². The molecule has 1 aromatic carbocycles. The van der Waals surface area contributed by atoms with E-state index in [0.29, 0.717) is 17.3 Å². The van der Waals surface area contributed by atoms with Gasteiger partial charge in [0.25, 0.3) is 0 Å². The molecule has 1 heterocycles. The average Bonchev–Trinajstić information content (AvgIpc) is 2.35. The Labute approximate surface area is 122 Å². The second-order valence-corrected chi connectivity index (χ2v) is 5.73. The van der Waals surface area contributed by atoms with Crippen LogP contribution in [0.3, 0.4) is 0 Å². The van der Waals surface area contributed by atoms with Gasteiger partial charge in [0, 0.05) is 17.1 Å². The lowest BCUT2D eigenvalue weighted by Gasteiger charge is -2.37. The average molecular weight is 297 g/mol. The van der Waals surface area contributed by atoms with Crippen molar-refractivity contribution in [2.24, 2.45) is 0 Å². The number of carbonyl (C=O) groups is 2. The van der Waals surface area contributed by atoms with E-state index in [0.717, 1.165) is 5.56 Å². The fourth-order valence-electron chi connectivity index (χ4n) is 2.29. The molecule has 108 valence electrons. The first-order valence-corrected chi connectivity index (χ1v) is 6.64. The maximum absolute atomic E-state index is 12.3. The van der Waals surface area contributed by atoms with Gasteiger partial charge in [-0.1, -0.05) is 11.6 Å². The molecule has 0 atom stereocenters. The fraction of sp³-hybridized carbons (Fsp3) is 0.429. The van der Waals surface area contributed by atoms with Crippen LogP contribution in [0.4, 0.5) is 0 Å². The van der Waals surface area contributed by atoms with E-state index in [1.807, 2.05) is 0 Å². The number of nitrogens with zero attached hydrogens (tertiary/aromatic N) is 1. The van der Waals surface area contributed by atoms with Gasteiger partial charge in [-0.2, -0.15) is 0 Å². The molecule has 0 aliphatic carbocycles. The number of amides is 2. The van der Waals surface area contributed by atoms with Gasteiger partial charge in [0.05, 0.1) is 13.7 Å². The second-order valence-electron chi connectivity index (χ2n) is 5.29. The summed E-state index contributed by atoms with van der Waals surface area (Å²) in [6.07, 6.45) is 0. The lowest BCUT2D eigenvalue weighted by molar-refractivity contribution is -0.148. The number of rotatable bonds is 3. The monoisotopic (exact) mass is 296 g/mol. The zero-order valence-electron chi connectivity index (χ0n) is 11.7. The minimum absolute atomic E-state index is 0.0396. The molecule has 2 amide bonds. The highest BCUT2D eigenvalue weighted by molar-refractivity contribution is 6.30. The van der Waals surface area contributed by atoms with Crippen molar-refractivity contribution >= 4 is 23.4 Å². The third-order valence-electron chi connectivity index (χ3n) is 3.21. The molecular formula is C14H17ClN2O3. The molecule has 6 heteroatoms. The summed E-state index contributed by atoms with van der Waals surface area (Å²) in [6, 6.07) is 5.21. The molecule has 0 bridgehead atoms. The summed E-state index contributed by atoms with van der Waals surface area (Å²) < 4.78 is 5.26. The Hall–Kier alpha value is -1.75. The first-order chi connectivity index (χ1) is 9.33. The molecule has 5 nitrogen and oxygen atoms in total. The first kappa shape index (κ1) is 14.7. The van der Waals surface area contributed by atoms with Gasteiger partial charge in [0.2, 0.25) is 11.8 Å². The van der Waals surface area contributed by atoms with Crippen molar-refractivity contribution in [3.8, 4) is 5.75 Å². The molecule has 0 radical (unpaired) electrons. The molecule has 1 N–H and O–H groups in total. The van der Waals surface area contributed by atoms with Crippen LogP contribution < -0.4 is 10.1 Å². The van der Waals surface area contributed by atoms with Crippen molar-refractivity contribution < 1.29 is 14.3 Å². The standard InChI is InChI=1S/C14H17ClN2O3/c1-14(2)13(19)17(8-12(18)16-14)7-9-6-10(15)4-5-11(9)20-3/h4-6H,7-8H2,1-3H3,(H,16,18). The number of carbonyl (C=O) groups excluding carboxylic acids is 2. The van der Waals surface area contributed by atoms with Crippen molar-refractivity contribution in [2.75, 3.05) is 13.7 Å². The molecule has 1 aliphatic rings. The quantitative estimate of drug-likeness (QED) is 0.921. The van der Waals surface area contributed by atoms with Crippen LogP contribution >= 0.6 is 11.6 Å². The van der Waals surface area contributed by atoms with Crippen LogP contribution in [-0.2, 0) is 16.1 Å². The molecular weight excluding hydrogens is 280 g/mol. The molecule has 0 unspecified atom stereocenters. The van der Waals surface area contributed by atoms with Gasteiger partial charge in [-0.15, -0.1) is 0 Å². The van der Waals surface area contributed by atoms with E-state index < -0.39 is 5.54 Å². The molecule has 0 aromatic heterocycles. The lowest BCUT2D eigenvalue weighted by atomic mass is 10.00. The van der Waals surface area contributed by atoms with E-state index >= 15 is 0 Å². The van der Waals surface area contributed by atoms with Crippen LogP contribution in [0.2, 0.25) is 5.02 Å². The number of ether oxygens (including phenoxy) is 1. The summed E-state index contributed by atoms with van der Waals surface area (Å²) in [6.45, 7) is 3.71. The number of nitrogens with one attached hydrogen (secondary N) is 1. The number of benzene rings is 1. The Morgan fingerprint density at radius 3 is 2.75 bits per heavy atom. The molecule has 1 saturated heterocycles. The van der Waals surface area contributed by atoms with E-state index in [1.165, 1.54) is 4.90 Å². The molecule has 2 rings (SSSR count). The summed E-state index contributed by atoms with van der Waals surface area (Å²) >= 11 is 5.97. The predicted molar refractivity (Wildman–Crippen MR) is 75.6 cm³/mol. The largest absolute Gasteiger partial charge is 0.496 e. The highest BCUT2D eigenvalue weighted by atomic mass is 35.5. The zero-order chi connectivity index (χ0) is 14.9. The number of hydrogen-bond acceptors (Lipinski definition) is 3. The van der Waals surface area contributed by atoms with Gasteiger partial charge in [0.15, 0.2) is 0 Å². The zero-order valence-corrected chi connectivity index (χ0v) is 12.5. The van der Waals surface area contributed by atoms with Crippen LogP contribution in [0.25, 0.3) is 0 Å². The molecule has 0 saturated carbocycles. The Morgan fingerprint density at radius 2 is 2.10 bits per heavy atom. The van der Waals surface area contributed by atoms with E-state index in [2.05, 4.69) is 5.32 Å². The van der Waals surface area contributed by atoms with Crippen molar-refractivity contribution in [3.63, 3.8) is 0 Å². The van der Waals surface area contributed by atoms with Crippen molar-refractivity contribution in [1.29, 1.82) is 0 Å². The van der Waals surface area contributed by atoms with E-state index in [1.54, 1.807) is 39.2 Å². The summed E-state index contributed by atoms with van der Waals surface area (Å²) in [5, 5.41) is 3.24. The van der Waals surface area contributed by atoms with Gasteiger partial charge in [0.1, 0.15) is 11.3 Å². The molecule has 0 spiro atoms. The van der Waals surface area contributed by atoms with Crippen LogP contribution in [-0.4, -0.2) is 35.9 Å². The van der Waals surface area contributed by atoms with Crippen molar-refractivity contribution in [3.05, 3.63) is 28.8 Å². The summed E-state index contributed by atoms with van der Waals surface area (Å²) in [7, 11) is 1.56. The van der Waals surface area contributed by atoms with E-state index in [9.17, 15) is 9.59 Å². The Morgan fingerprint density at radius 1 is 1.40 bits per heavy atom. The van der Waals surface area contributed by atoms with E-state index in [-0.39, 0.29) is 18.4 Å². The van der Waals surface area contributed by atoms with Gasteiger partial charge in [-0.25, -0.2) is 0 Å². The highest BCUT2D eigenvalue weighted by Crippen LogP contribution is 2.25. The number of hydrogen-bond donors (Lipinski definition) is 1. The lowest BCUT2D eigenvalue weighted by Crippen LogP contribution is -2.63. The van der Waals surface area contributed by atoms with Crippen LogP contribution in [0.5, 0.6) is 5.75 Å². The first-order valence-electron chi connectivity index (χ1n) is 6.26. The van der Waals surface area contributed by atoms with Gasteiger partial charge >= 0.3 is 0 Å². The Bertz CT molecular complexity index is 557. The van der Waals surface area contributed by atoms with Crippen molar-refractivity contribution in [1.82, 2.24) is 10.2 Å². The van der Waals surface area contributed by atoms with Gasteiger partial charge < -0.3 is 15.0 Å². The summed E-state index contributed by atoms with van der Waals surface area (Å²) in [4.78, 5) is 25.5. The second kappa shape index (κ2) is 5.32. The smallest absolute Gasteiger partial charge is 0.248 e. The topological polar surface area (TPSA) is 58.6 Å². The SMILES string of the molecule is COc1ccc(Cl)cc1CN1CC(=O)NC(C)(C)C1=O. The predicted octanol–water partition coefficient (Wildman–Crippen LogP) is 1.59. The minimum Gasteiger partial charge on any atom is -0.496 e. The van der Waals surface area contributed by atoms with Crippen LogP contribution in [0.15, 0.2) is 18.2 Å². The molecule has 1 aromatic rings. The fourth-order valence-corrected chi connectivity index (χ4v) is 2.48. The molecule has 1 aliphatic heterocycles.